The van der Waals surface area contributed by atoms with Crippen LogP contribution in [0.1, 0.15) is 38.2 Å². The smallest absolute Gasteiger partial charge is 0.224 e. The standard InChI is InChI=1S/C20H30N4O2/c1-3-5-18(25)23-17-7-4-6-16(12-17)13-22-19(21-2)24-10-8-20(14-24)9-11-26-15-20/h4,6-7,12H,3,5,8-11,13-15H2,1-2H3,(H,21,22)(H,23,25). The molecule has 2 heterocycles. The Kier molecular flexibility index (Phi) is 6.14. The quantitative estimate of drug-likeness (QED) is 0.627. The predicted molar refractivity (Wildman–Crippen MR) is 104 cm³/mol. The van der Waals surface area contributed by atoms with Crippen molar-refractivity contribution in [3.63, 3.8) is 0 Å². The van der Waals surface area contributed by atoms with E-state index in [1.165, 1.54) is 6.42 Å². The zero-order chi connectivity index (χ0) is 18.4. The number of rotatable bonds is 5. The summed E-state index contributed by atoms with van der Waals surface area (Å²) < 4.78 is 5.61. The van der Waals surface area contributed by atoms with E-state index in [2.05, 4.69) is 26.6 Å². The topological polar surface area (TPSA) is 66.0 Å². The normalized spacial score (nSPS) is 22.8. The van der Waals surface area contributed by atoms with E-state index in [9.17, 15) is 4.79 Å². The summed E-state index contributed by atoms with van der Waals surface area (Å²) in [7, 11) is 1.83. The lowest BCUT2D eigenvalue weighted by molar-refractivity contribution is -0.116. The van der Waals surface area contributed by atoms with Gasteiger partial charge in [-0.05, 0) is 37.0 Å². The number of guanidine groups is 1. The third-order valence-corrected chi connectivity index (χ3v) is 5.27. The first kappa shape index (κ1) is 18.7. The Labute approximate surface area is 156 Å². The molecule has 6 nitrogen and oxygen atoms in total. The number of carbonyl (C=O) groups excluding carboxylic acids is 1. The third kappa shape index (κ3) is 4.55. The minimum Gasteiger partial charge on any atom is -0.381 e. The molecular weight excluding hydrogens is 328 g/mol. The molecule has 1 atom stereocenters. The van der Waals surface area contributed by atoms with Crippen LogP contribution in [0.25, 0.3) is 0 Å². The van der Waals surface area contributed by atoms with Crippen molar-refractivity contribution in [3.8, 4) is 0 Å². The molecule has 1 amide bonds. The number of nitrogens with zero attached hydrogens (tertiary/aromatic N) is 2. The van der Waals surface area contributed by atoms with E-state index in [0.29, 0.717) is 18.4 Å². The van der Waals surface area contributed by atoms with Gasteiger partial charge in [0.2, 0.25) is 5.91 Å². The van der Waals surface area contributed by atoms with Gasteiger partial charge in [0.15, 0.2) is 5.96 Å². The molecule has 1 aromatic rings. The number of anilines is 1. The zero-order valence-electron chi connectivity index (χ0n) is 15.9. The van der Waals surface area contributed by atoms with E-state index < -0.39 is 0 Å². The molecule has 0 aliphatic carbocycles. The van der Waals surface area contributed by atoms with Crippen LogP contribution in [0.4, 0.5) is 5.69 Å². The van der Waals surface area contributed by atoms with Crippen molar-refractivity contribution in [1.29, 1.82) is 0 Å². The van der Waals surface area contributed by atoms with E-state index in [-0.39, 0.29) is 5.91 Å². The summed E-state index contributed by atoms with van der Waals surface area (Å²) in [5, 5.41) is 6.41. The highest BCUT2D eigenvalue weighted by atomic mass is 16.5. The van der Waals surface area contributed by atoms with Gasteiger partial charge in [0.05, 0.1) is 6.61 Å². The summed E-state index contributed by atoms with van der Waals surface area (Å²) in [6.07, 6.45) is 3.73. The highest BCUT2D eigenvalue weighted by molar-refractivity contribution is 5.90. The molecule has 6 heteroatoms. The molecule has 2 saturated heterocycles. The maximum absolute atomic E-state index is 11.8. The summed E-state index contributed by atoms with van der Waals surface area (Å²) in [5.41, 5.74) is 2.29. The number of nitrogens with one attached hydrogen (secondary N) is 2. The predicted octanol–water partition coefficient (Wildman–Crippen LogP) is 2.61. The van der Waals surface area contributed by atoms with Gasteiger partial charge in [-0.3, -0.25) is 9.79 Å². The largest absolute Gasteiger partial charge is 0.381 e. The molecule has 26 heavy (non-hydrogen) atoms. The lowest BCUT2D eigenvalue weighted by atomic mass is 9.87. The number of amides is 1. The molecule has 0 bridgehead atoms. The molecule has 1 aromatic carbocycles. The molecule has 142 valence electrons. The highest BCUT2D eigenvalue weighted by Crippen LogP contribution is 2.38. The lowest BCUT2D eigenvalue weighted by Crippen LogP contribution is -2.41. The van der Waals surface area contributed by atoms with Gasteiger partial charge in [0.25, 0.3) is 0 Å². The molecule has 2 fully saturated rings. The van der Waals surface area contributed by atoms with Crippen LogP contribution in [0, 0.1) is 5.41 Å². The fourth-order valence-electron chi connectivity index (χ4n) is 3.81. The first-order valence-corrected chi connectivity index (χ1v) is 9.56. The van der Waals surface area contributed by atoms with E-state index in [1.807, 2.05) is 32.2 Å². The molecule has 2 N–H and O–H groups in total. The summed E-state index contributed by atoms with van der Waals surface area (Å²) in [4.78, 5) is 18.6. The Morgan fingerprint density at radius 3 is 3.00 bits per heavy atom. The summed E-state index contributed by atoms with van der Waals surface area (Å²) in [5.74, 6) is 1.00. The fraction of sp³-hybridized carbons (Fsp3) is 0.600. The second-order valence-electron chi connectivity index (χ2n) is 7.37. The van der Waals surface area contributed by atoms with Gasteiger partial charge in [-0.2, -0.15) is 0 Å². The van der Waals surface area contributed by atoms with Crippen LogP contribution >= 0.6 is 0 Å². The minimum absolute atomic E-state index is 0.0644. The van der Waals surface area contributed by atoms with Crippen molar-refractivity contribution in [1.82, 2.24) is 10.2 Å². The van der Waals surface area contributed by atoms with E-state index in [4.69, 9.17) is 4.74 Å². The maximum Gasteiger partial charge on any atom is 0.224 e. The van der Waals surface area contributed by atoms with Crippen molar-refractivity contribution >= 4 is 17.6 Å². The molecule has 3 rings (SSSR count). The van der Waals surface area contributed by atoms with Crippen molar-refractivity contribution < 1.29 is 9.53 Å². The number of hydrogen-bond acceptors (Lipinski definition) is 3. The van der Waals surface area contributed by atoms with Crippen LogP contribution < -0.4 is 10.6 Å². The Balaban J connectivity index is 1.55. The molecular formula is C20H30N4O2. The van der Waals surface area contributed by atoms with Crippen LogP contribution in [-0.4, -0.2) is 50.1 Å². The third-order valence-electron chi connectivity index (χ3n) is 5.27. The van der Waals surface area contributed by atoms with E-state index in [0.717, 1.165) is 56.4 Å². The molecule has 0 radical (unpaired) electrons. The van der Waals surface area contributed by atoms with E-state index >= 15 is 0 Å². The van der Waals surface area contributed by atoms with Gasteiger partial charge >= 0.3 is 0 Å². The monoisotopic (exact) mass is 358 g/mol. The molecule has 0 saturated carbocycles. The summed E-state index contributed by atoms with van der Waals surface area (Å²) >= 11 is 0. The number of likely N-dealkylation sites (tertiary alicyclic amines) is 1. The van der Waals surface area contributed by atoms with Crippen molar-refractivity contribution in [3.05, 3.63) is 29.8 Å². The van der Waals surface area contributed by atoms with E-state index in [1.54, 1.807) is 0 Å². The number of ether oxygens (including phenoxy) is 1. The van der Waals surface area contributed by atoms with Gasteiger partial charge in [-0.1, -0.05) is 19.1 Å². The highest BCUT2D eigenvalue weighted by Gasteiger charge is 2.42. The first-order valence-electron chi connectivity index (χ1n) is 9.56. The van der Waals surface area contributed by atoms with Crippen LogP contribution in [0.15, 0.2) is 29.3 Å². The number of aliphatic imine (C=N–C) groups is 1. The molecule has 2 aliphatic heterocycles. The lowest BCUT2D eigenvalue weighted by Gasteiger charge is -2.25. The summed E-state index contributed by atoms with van der Waals surface area (Å²) in [6, 6.07) is 7.98. The van der Waals surface area contributed by atoms with Crippen LogP contribution in [0.5, 0.6) is 0 Å². The second-order valence-corrected chi connectivity index (χ2v) is 7.37. The molecule has 1 spiro atoms. The van der Waals surface area contributed by atoms with Crippen molar-refractivity contribution in [2.45, 2.75) is 39.2 Å². The average molecular weight is 358 g/mol. The average Bonchev–Trinajstić information content (AvgIpc) is 3.26. The molecule has 2 aliphatic rings. The first-order chi connectivity index (χ1) is 12.6. The maximum atomic E-state index is 11.8. The van der Waals surface area contributed by atoms with Crippen molar-refractivity contribution in [2.75, 3.05) is 38.7 Å². The number of benzene rings is 1. The molecule has 0 aromatic heterocycles. The minimum atomic E-state index is 0.0644. The van der Waals surface area contributed by atoms with Gasteiger partial charge in [0.1, 0.15) is 0 Å². The van der Waals surface area contributed by atoms with Gasteiger partial charge in [-0.15, -0.1) is 0 Å². The SMILES string of the molecule is CCCC(=O)Nc1cccc(CNC(=NC)N2CCC3(CCOC3)C2)c1. The Morgan fingerprint density at radius 1 is 1.38 bits per heavy atom. The van der Waals surface area contributed by atoms with Gasteiger partial charge in [-0.25, -0.2) is 0 Å². The zero-order valence-corrected chi connectivity index (χ0v) is 15.9. The Morgan fingerprint density at radius 2 is 2.27 bits per heavy atom. The van der Waals surface area contributed by atoms with Crippen LogP contribution in [0.2, 0.25) is 0 Å². The Hall–Kier alpha value is -2.08. The fourth-order valence-corrected chi connectivity index (χ4v) is 3.81. The van der Waals surface area contributed by atoms with Gasteiger partial charge < -0.3 is 20.3 Å². The Bertz CT molecular complexity index is 653. The summed E-state index contributed by atoms with van der Waals surface area (Å²) in [6.45, 7) is 6.49. The molecule has 1 unspecified atom stereocenters. The number of hydrogen-bond donors (Lipinski definition) is 2. The number of carbonyl (C=O) groups is 1. The second kappa shape index (κ2) is 8.54. The van der Waals surface area contributed by atoms with Crippen LogP contribution in [-0.2, 0) is 16.1 Å². The van der Waals surface area contributed by atoms with Crippen molar-refractivity contribution in [2.24, 2.45) is 10.4 Å². The van der Waals surface area contributed by atoms with Gasteiger partial charge in [0, 0.05) is 50.8 Å². The van der Waals surface area contributed by atoms with Crippen LogP contribution in [0.3, 0.4) is 0 Å².